The number of hydrogen-bond donors (Lipinski definition) is 0. The van der Waals surface area contributed by atoms with Gasteiger partial charge in [0.2, 0.25) is 0 Å². The number of aromatic nitrogens is 2. The van der Waals surface area contributed by atoms with Gasteiger partial charge in [0.1, 0.15) is 5.52 Å². The van der Waals surface area contributed by atoms with Crippen LogP contribution in [-0.4, -0.2) is 21.9 Å². The Morgan fingerprint density at radius 3 is 2.82 bits per heavy atom. The third-order valence-electron chi connectivity index (χ3n) is 4.16. The summed E-state index contributed by atoms with van der Waals surface area (Å²) >= 11 is 0. The summed E-state index contributed by atoms with van der Waals surface area (Å²) in [5.41, 5.74) is 4.23. The maximum Gasteiger partial charge on any atom is 0.260 e. The minimum absolute atomic E-state index is 0.0106. The van der Waals surface area contributed by atoms with Crippen LogP contribution in [0, 0.1) is 0 Å². The normalized spacial score (nSPS) is 16.8. The quantitative estimate of drug-likeness (QED) is 0.691. The summed E-state index contributed by atoms with van der Waals surface area (Å²) in [5.74, 6) is -0.0106. The van der Waals surface area contributed by atoms with Gasteiger partial charge in [0.15, 0.2) is 0 Å². The molecular formula is C18H15N3O. The van der Waals surface area contributed by atoms with Gasteiger partial charge in [0.05, 0.1) is 11.1 Å². The molecule has 1 aromatic heterocycles. The number of hydrogen-bond acceptors (Lipinski definition) is 3. The lowest BCUT2D eigenvalue weighted by Crippen LogP contribution is -2.35. The molecule has 1 aliphatic heterocycles. The molecule has 0 bridgehead atoms. The van der Waals surface area contributed by atoms with Gasteiger partial charge in [0, 0.05) is 24.1 Å². The molecule has 1 atom stereocenters. The summed E-state index contributed by atoms with van der Waals surface area (Å²) in [6, 6.07) is 13.8. The first kappa shape index (κ1) is 13.0. The fraction of sp³-hybridized carbons (Fsp3) is 0.167. The predicted molar refractivity (Wildman–Crippen MR) is 86.0 cm³/mol. The second-order valence-corrected chi connectivity index (χ2v) is 5.59. The Kier molecular flexibility index (Phi) is 2.89. The van der Waals surface area contributed by atoms with Crippen molar-refractivity contribution in [3.63, 3.8) is 0 Å². The number of fused-ring (bicyclic) bond motifs is 2. The highest BCUT2D eigenvalue weighted by molar-refractivity contribution is 6.13. The van der Waals surface area contributed by atoms with Crippen LogP contribution in [0.3, 0.4) is 0 Å². The zero-order valence-corrected chi connectivity index (χ0v) is 12.2. The summed E-state index contributed by atoms with van der Waals surface area (Å²) < 4.78 is 0. The summed E-state index contributed by atoms with van der Waals surface area (Å²) in [4.78, 5) is 23.6. The zero-order chi connectivity index (χ0) is 15.1. The monoisotopic (exact) mass is 289 g/mol. The van der Waals surface area contributed by atoms with E-state index in [-0.39, 0.29) is 11.9 Å². The van der Waals surface area contributed by atoms with Crippen molar-refractivity contribution in [2.75, 3.05) is 4.90 Å². The molecule has 4 heteroatoms. The Bertz CT molecular complexity index is 870. The number of anilines is 1. The molecule has 0 saturated heterocycles. The Morgan fingerprint density at radius 1 is 1.09 bits per heavy atom. The first-order chi connectivity index (χ1) is 10.8. The highest BCUT2D eigenvalue weighted by atomic mass is 16.2. The molecular weight excluding hydrogens is 274 g/mol. The Morgan fingerprint density at radius 2 is 1.91 bits per heavy atom. The van der Waals surface area contributed by atoms with Crippen molar-refractivity contribution >= 4 is 22.6 Å². The molecule has 0 N–H and O–H groups in total. The molecule has 2 heterocycles. The maximum absolute atomic E-state index is 13.1. The minimum Gasteiger partial charge on any atom is -0.305 e. The van der Waals surface area contributed by atoms with Gasteiger partial charge in [-0.2, -0.15) is 0 Å². The molecule has 1 aliphatic rings. The van der Waals surface area contributed by atoms with E-state index in [2.05, 4.69) is 23.0 Å². The van der Waals surface area contributed by atoms with Crippen LogP contribution in [0.4, 0.5) is 5.69 Å². The topological polar surface area (TPSA) is 46.1 Å². The van der Waals surface area contributed by atoms with E-state index in [1.807, 2.05) is 41.3 Å². The zero-order valence-electron chi connectivity index (χ0n) is 12.2. The van der Waals surface area contributed by atoms with Crippen LogP contribution in [0.1, 0.15) is 22.8 Å². The fourth-order valence-corrected chi connectivity index (χ4v) is 3.17. The van der Waals surface area contributed by atoms with Crippen LogP contribution in [0.15, 0.2) is 54.9 Å². The summed E-state index contributed by atoms with van der Waals surface area (Å²) in [7, 11) is 0. The lowest BCUT2D eigenvalue weighted by Gasteiger charge is -2.23. The molecule has 1 amide bonds. The Hall–Kier alpha value is -2.75. The molecule has 0 aliphatic carbocycles. The molecule has 4 nitrogen and oxygen atoms in total. The van der Waals surface area contributed by atoms with E-state index in [0.29, 0.717) is 11.1 Å². The highest BCUT2D eigenvalue weighted by Gasteiger charge is 2.32. The van der Waals surface area contributed by atoms with Crippen LogP contribution in [0.25, 0.3) is 11.0 Å². The van der Waals surface area contributed by atoms with Gasteiger partial charge in [-0.1, -0.05) is 24.3 Å². The maximum atomic E-state index is 13.1. The summed E-state index contributed by atoms with van der Waals surface area (Å²) in [5, 5.41) is 0. The van der Waals surface area contributed by atoms with Crippen LogP contribution < -0.4 is 4.90 Å². The number of rotatable bonds is 1. The van der Waals surface area contributed by atoms with Crippen LogP contribution in [0.5, 0.6) is 0 Å². The van der Waals surface area contributed by atoms with E-state index in [0.717, 1.165) is 17.6 Å². The minimum atomic E-state index is -0.0106. The SMILES string of the molecule is CC1Cc2ccccc2N1C(=O)c1cccc2nccnc12. The lowest BCUT2D eigenvalue weighted by molar-refractivity contribution is 0.0983. The van der Waals surface area contributed by atoms with Gasteiger partial charge in [-0.3, -0.25) is 14.8 Å². The summed E-state index contributed by atoms with van der Waals surface area (Å²) in [6.45, 7) is 2.08. The smallest absolute Gasteiger partial charge is 0.260 e. The molecule has 0 saturated carbocycles. The second-order valence-electron chi connectivity index (χ2n) is 5.59. The number of nitrogens with zero attached hydrogens (tertiary/aromatic N) is 3. The van der Waals surface area contributed by atoms with Gasteiger partial charge < -0.3 is 4.90 Å². The molecule has 3 aromatic rings. The highest BCUT2D eigenvalue weighted by Crippen LogP contribution is 2.33. The van der Waals surface area contributed by atoms with E-state index in [1.165, 1.54) is 5.56 Å². The van der Waals surface area contributed by atoms with Crippen molar-refractivity contribution in [3.8, 4) is 0 Å². The lowest BCUT2D eigenvalue weighted by atomic mass is 10.1. The van der Waals surface area contributed by atoms with E-state index < -0.39 is 0 Å². The van der Waals surface area contributed by atoms with Crippen molar-refractivity contribution in [2.45, 2.75) is 19.4 Å². The van der Waals surface area contributed by atoms with E-state index in [4.69, 9.17) is 0 Å². The third-order valence-corrected chi connectivity index (χ3v) is 4.16. The number of para-hydroxylation sites is 2. The molecule has 4 rings (SSSR count). The van der Waals surface area contributed by atoms with Gasteiger partial charge in [-0.05, 0) is 37.1 Å². The van der Waals surface area contributed by atoms with E-state index >= 15 is 0 Å². The number of amides is 1. The fourth-order valence-electron chi connectivity index (χ4n) is 3.17. The average molecular weight is 289 g/mol. The predicted octanol–water partition coefficient (Wildman–Crippen LogP) is 3.22. The van der Waals surface area contributed by atoms with Gasteiger partial charge in [0.25, 0.3) is 5.91 Å². The molecule has 22 heavy (non-hydrogen) atoms. The van der Waals surface area contributed by atoms with Crippen LogP contribution >= 0.6 is 0 Å². The molecule has 0 fully saturated rings. The Balaban J connectivity index is 1.85. The molecule has 1 unspecified atom stereocenters. The second kappa shape index (κ2) is 4.91. The van der Waals surface area contributed by atoms with Crippen molar-refractivity contribution in [1.29, 1.82) is 0 Å². The van der Waals surface area contributed by atoms with Gasteiger partial charge in [-0.25, -0.2) is 0 Å². The number of benzene rings is 2. The van der Waals surface area contributed by atoms with E-state index in [1.54, 1.807) is 12.4 Å². The van der Waals surface area contributed by atoms with Crippen molar-refractivity contribution in [2.24, 2.45) is 0 Å². The molecule has 108 valence electrons. The average Bonchev–Trinajstić information content (AvgIpc) is 2.89. The van der Waals surface area contributed by atoms with Gasteiger partial charge in [-0.15, -0.1) is 0 Å². The molecule has 2 aromatic carbocycles. The van der Waals surface area contributed by atoms with Crippen LogP contribution in [0.2, 0.25) is 0 Å². The largest absolute Gasteiger partial charge is 0.305 e. The molecule has 0 spiro atoms. The first-order valence-corrected chi connectivity index (χ1v) is 7.37. The van der Waals surface area contributed by atoms with Crippen molar-refractivity contribution < 1.29 is 4.79 Å². The van der Waals surface area contributed by atoms with Crippen molar-refractivity contribution in [1.82, 2.24) is 9.97 Å². The third kappa shape index (κ3) is 1.88. The standard InChI is InChI=1S/C18H15N3O/c1-12-11-13-5-2-3-8-16(13)21(12)18(22)14-6-4-7-15-17(14)20-10-9-19-15/h2-10,12H,11H2,1H3. The number of carbonyl (C=O) groups is 1. The van der Waals surface area contributed by atoms with Gasteiger partial charge >= 0.3 is 0 Å². The number of carbonyl (C=O) groups excluding carboxylic acids is 1. The van der Waals surface area contributed by atoms with Crippen molar-refractivity contribution in [3.05, 3.63) is 66.0 Å². The van der Waals surface area contributed by atoms with Crippen LogP contribution in [-0.2, 0) is 6.42 Å². The van der Waals surface area contributed by atoms with E-state index in [9.17, 15) is 4.79 Å². The summed E-state index contributed by atoms with van der Waals surface area (Å²) in [6.07, 6.45) is 4.16. The molecule has 0 radical (unpaired) electrons. The Labute approximate surface area is 128 Å². The first-order valence-electron chi connectivity index (χ1n) is 7.37.